The zero-order valence-electron chi connectivity index (χ0n) is 27.8. The minimum Gasteiger partial charge on any atom is -0.455 e. The maximum atomic E-state index is 15.2. The number of sulfonamides is 1. The van der Waals surface area contributed by atoms with Crippen molar-refractivity contribution >= 4 is 59.9 Å². The predicted molar refractivity (Wildman–Crippen MR) is 191 cm³/mol. The predicted octanol–water partition coefficient (Wildman–Crippen LogP) is 5.72. The Hall–Kier alpha value is -5.44. The number of benzene rings is 3. The highest BCUT2D eigenvalue weighted by Gasteiger charge is 2.27. The van der Waals surface area contributed by atoms with Gasteiger partial charge in [-0.25, -0.2) is 22.2 Å². The number of furan rings is 1. The van der Waals surface area contributed by atoms with Crippen molar-refractivity contribution in [3.63, 3.8) is 0 Å². The maximum Gasteiger partial charge on any atom is 0.255 e. The SMILES string of the molecule is CNC(=O)c1c(-c2ccc(F)cc2)oc2cc(N(C)S(C)(=O)=O)c(-c3cc4c(cn3)nc(CN3CC[C@H](O)C3)n3c5cccc(F)c5cc43)cc12. The van der Waals surface area contributed by atoms with E-state index in [-0.39, 0.29) is 28.4 Å². The molecule has 0 unspecified atom stereocenters. The van der Waals surface area contributed by atoms with Gasteiger partial charge in [-0.3, -0.25) is 23.4 Å². The van der Waals surface area contributed by atoms with Crippen LogP contribution in [0.3, 0.4) is 0 Å². The Kier molecular flexibility index (Phi) is 7.78. The number of nitrogens with zero attached hydrogens (tertiary/aromatic N) is 5. The van der Waals surface area contributed by atoms with Crippen LogP contribution in [0.25, 0.3) is 60.9 Å². The first-order valence-corrected chi connectivity index (χ1v) is 18.1. The number of carbonyl (C=O) groups excluding carboxylic acids is 1. The Balaban J connectivity index is 1.39. The molecule has 0 spiro atoms. The number of nitrogens with one attached hydrogen (secondary N) is 1. The van der Waals surface area contributed by atoms with Crippen molar-refractivity contribution in [2.45, 2.75) is 19.1 Å². The Morgan fingerprint density at radius 1 is 1.06 bits per heavy atom. The molecule has 0 aliphatic carbocycles. The molecule has 5 heterocycles. The van der Waals surface area contributed by atoms with Gasteiger partial charge in [-0.05, 0) is 61.0 Å². The molecule has 14 heteroatoms. The van der Waals surface area contributed by atoms with Gasteiger partial charge in [0.15, 0.2) is 0 Å². The molecule has 3 aromatic carbocycles. The fourth-order valence-electron chi connectivity index (χ4n) is 6.94. The van der Waals surface area contributed by atoms with Gasteiger partial charge >= 0.3 is 0 Å². The van der Waals surface area contributed by atoms with Gasteiger partial charge in [0.1, 0.15) is 28.8 Å². The molecule has 1 fully saturated rings. The molecule has 1 atom stereocenters. The van der Waals surface area contributed by atoms with Gasteiger partial charge in [0.05, 0.1) is 58.6 Å². The molecule has 1 amide bonds. The fraction of sp³-hybridized carbons (Fsp3) is 0.216. The van der Waals surface area contributed by atoms with Crippen molar-refractivity contribution in [1.29, 1.82) is 0 Å². The average Bonchev–Trinajstić information content (AvgIpc) is 3.82. The van der Waals surface area contributed by atoms with Crippen LogP contribution in [0.2, 0.25) is 0 Å². The summed E-state index contributed by atoms with van der Waals surface area (Å²) in [5, 5.41) is 14.2. The van der Waals surface area contributed by atoms with Crippen LogP contribution in [-0.2, 0) is 16.6 Å². The number of likely N-dealkylation sites (tertiary alicyclic amines) is 1. The third-order valence-electron chi connectivity index (χ3n) is 9.55. The molecule has 4 aromatic heterocycles. The Morgan fingerprint density at radius 3 is 2.55 bits per heavy atom. The normalized spacial score (nSPS) is 15.5. The van der Waals surface area contributed by atoms with Crippen LogP contribution in [0.1, 0.15) is 22.6 Å². The van der Waals surface area contributed by atoms with E-state index in [1.165, 1.54) is 44.4 Å². The lowest BCUT2D eigenvalue weighted by molar-refractivity contribution is 0.0964. The molecule has 8 rings (SSSR count). The highest BCUT2D eigenvalue weighted by molar-refractivity contribution is 7.92. The zero-order valence-corrected chi connectivity index (χ0v) is 28.6. The monoisotopic (exact) mass is 710 g/mol. The van der Waals surface area contributed by atoms with Crippen LogP contribution in [-0.4, -0.2) is 78.2 Å². The van der Waals surface area contributed by atoms with Gasteiger partial charge in [-0.15, -0.1) is 0 Å². The van der Waals surface area contributed by atoms with E-state index in [1.54, 1.807) is 36.5 Å². The summed E-state index contributed by atoms with van der Waals surface area (Å²) in [6.07, 6.45) is 2.90. The third-order valence-corrected chi connectivity index (χ3v) is 10.7. The zero-order chi connectivity index (χ0) is 35.8. The molecule has 1 saturated heterocycles. The van der Waals surface area contributed by atoms with E-state index in [1.807, 2.05) is 10.5 Å². The second-order valence-electron chi connectivity index (χ2n) is 12.8. The first kappa shape index (κ1) is 32.7. The smallest absolute Gasteiger partial charge is 0.255 e. The molecule has 51 heavy (non-hydrogen) atoms. The Labute approximate surface area is 290 Å². The van der Waals surface area contributed by atoms with E-state index in [0.717, 1.165) is 10.6 Å². The van der Waals surface area contributed by atoms with Crippen molar-refractivity contribution in [2.75, 3.05) is 37.7 Å². The average molecular weight is 711 g/mol. The molecule has 1 aliphatic heterocycles. The van der Waals surface area contributed by atoms with E-state index in [4.69, 9.17) is 14.4 Å². The number of aromatic nitrogens is 3. The standard InChI is InChI=1S/C37H32F2N6O5S/c1-40-37(47)35-26-13-24(31(43(2)51(3,48)49)16-33(26)50-36(35)20-7-9-21(38)10-8-20)28-14-25-29(17-41-28)42-34(19-44-12-11-22(46)18-44)45-30-6-4-5-27(39)23(30)15-32(25)45/h4-10,13-17,22,46H,11-12,18-19H2,1-3H3,(H,40,47)/t22-/m0/s1. The van der Waals surface area contributed by atoms with Crippen molar-refractivity contribution in [1.82, 2.24) is 24.6 Å². The lowest BCUT2D eigenvalue weighted by Crippen LogP contribution is -2.25. The van der Waals surface area contributed by atoms with E-state index < -0.39 is 27.9 Å². The fourth-order valence-corrected chi connectivity index (χ4v) is 7.45. The van der Waals surface area contributed by atoms with Crippen molar-refractivity contribution in [3.05, 3.63) is 95.9 Å². The van der Waals surface area contributed by atoms with E-state index in [9.17, 15) is 22.7 Å². The second-order valence-corrected chi connectivity index (χ2v) is 14.8. The molecule has 7 aromatic rings. The molecule has 0 radical (unpaired) electrons. The number of hydrogen-bond acceptors (Lipinski definition) is 8. The van der Waals surface area contributed by atoms with Crippen LogP contribution < -0.4 is 9.62 Å². The minimum atomic E-state index is -3.79. The largest absolute Gasteiger partial charge is 0.455 e. The molecule has 11 nitrogen and oxygen atoms in total. The molecule has 0 bridgehead atoms. The van der Waals surface area contributed by atoms with Crippen molar-refractivity contribution in [2.24, 2.45) is 0 Å². The van der Waals surface area contributed by atoms with Gasteiger partial charge in [-0.1, -0.05) is 6.07 Å². The van der Waals surface area contributed by atoms with Crippen LogP contribution in [0, 0.1) is 11.6 Å². The van der Waals surface area contributed by atoms with Gasteiger partial charge in [0, 0.05) is 60.5 Å². The van der Waals surface area contributed by atoms with Gasteiger partial charge in [0.25, 0.3) is 5.91 Å². The number of fused-ring (bicyclic) bond motifs is 6. The molecular weight excluding hydrogens is 679 g/mol. The summed E-state index contributed by atoms with van der Waals surface area (Å²) in [7, 11) is -0.901. The van der Waals surface area contributed by atoms with Crippen LogP contribution in [0.5, 0.6) is 0 Å². The molecule has 1 aliphatic rings. The molecule has 0 saturated carbocycles. The molecule has 2 N–H and O–H groups in total. The van der Waals surface area contributed by atoms with Crippen molar-refractivity contribution in [3.8, 4) is 22.6 Å². The number of aliphatic hydroxyl groups excluding tert-OH is 1. The number of aliphatic hydroxyl groups is 1. The lowest BCUT2D eigenvalue weighted by Gasteiger charge is -2.21. The number of β-amino-alcohol motifs (C(OH)–C–C–N with tert-alkyl or cyclic N) is 1. The van der Waals surface area contributed by atoms with Gasteiger partial charge in [-0.2, -0.15) is 0 Å². The number of hydrogen-bond donors (Lipinski definition) is 2. The maximum absolute atomic E-state index is 15.2. The topological polar surface area (TPSA) is 133 Å². The number of carbonyl (C=O) groups is 1. The van der Waals surface area contributed by atoms with Crippen LogP contribution in [0.15, 0.2) is 77.3 Å². The number of halogens is 2. The lowest BCUT2D eigenvalue weighted by atomic mass is 10.00. The number of anilines is 1. The second kappa shape index (κ2) is 12.1. The summed E-state index contributed by atoms with van der Waals surface area (Å²) >= 11 is 0. The molecule has 260 valence electrons. The molecular formula is C37H32F2N6O5S. The van der Waals surface area contributed by atoms with Gasteiger partial charge < -0.3 is 14.8 Å². The van der Waals surface area contributed by atoms with Crippen molar-refractivity contribution < 1.29 is 31.5 Å². The number of rotatable bonds is 7. The quantitative estimate of drug-likeness (QED) is 0.215. The number of pyridine rings is 1. The summed E-state index contributed by atoms with van der Waals surface area (Å²) in [4.78, 5) is 25.2. The first-order chi connectivity index (χ1) is 24.4. The highest BCUT2D eigenvalue weighted by Crippen LogP contribution is 2.42. The van der Waals surface area contributed by atoms with Gasteiger partial charge in [0.2, 0.25) is 10.0 Å². The summed E-state index contributed by atoms with van der Waals surface area (Å²) < 4.78 is 64.2. The summed E-state index contributed by atoms with van der Waals surface area (Å²) in [5.74, 6) is -0.459. The first-order valence-electron chi connectivity index (χ1n) is 16.2. The third kappa shape index (κ3) is 5.55. The van der Waals surface area contributed by atoms with E-state index >= 15 is 4.39 Å². The Morgan fingerprint density at radius 2 is 1.84 bits per heavy atom. The van der Waals surface area contributed by atoms with E-state index in [2.05, 4.69) is 10.2 Å². The number of amides is 1. The summed E-state index contributed by atoms with van der Waals surface area (Å²) in [5.41, 5.74) is 3.70. The van der Waals surface area contributed by atoms with Crippen LogP contribution in [0.4, 0.5) is 14.5 Å². The van der Waals surface area contributed by atoms with E-state index in [0.29, 0.717) is 81.4 Å². The van der Waals surface area contributed by atoms with Crippen LogP contribution >= 0.6 is 0 Å². The summed E-state index contributed by atoms with van der Waals surface area (Å²) in [6, 6.07) is 17.1. The highest BCUT2D eigenvalue weighted by atomic mass is 32.2. The minimum absolute atomic E-state index is 0.184. The Bertz CT molecular complexity index is 2660. The summed E-state index contributed by atoms with van der Waals surface area (Å²) in [6.45, 7) is 1.62.